The number of benzene rings is 2. The van der Waals surface area contributed by atoms with Gasteiger partial charge in [0.2, 0.25) is 0 Å². The number of para-hydroxylation sites is 1. The maximum absolute atomic E-state index is 5.53. The lowest BCUT2D eigenvalue weighted by atomic mass is 10.2. The average molecular weight is 395 g/mol. The van der Waals surface area contributed by atoms with Gasteiger partial charge in [0, 0.05) is 26.7 Å². The van der Waals surface area contributed by atoms with Crippen molar-refractivity contribution < 1.29 is 4.74 Å². The third-order valence-electron chi connectivity index (χ3n) is 2.68. The molecule has 0 unspecified atom stereocenters. The van der Waals surface area contributed by atoms with Crippen LogP contribution in [0.3, 0.4) is 0 Å². The number of terminal acetylenes is 1. The highest BCUT2D eigenvalue weighted by Gasteiger charge is 2.04. The van der Waals surface area contributed by atoms with Crippen LogP contribution in [-0.4, -0.2) is 6.61 Å². The van der Waals surface area contributed by atoms with Gasteiger partial charge in [-0.25, -0.2) is 0 Å². The smallest absolute Gasteiger partial charge is 0.148 e. The Balaban J connectivity index is 2.09. The molecule has 20 heavy (non-hydrogen) atoms. The Labute approximate surface area is 135 Å². The molecule has 0 fully saturated rings. The molecule has 2 rings (SSSR count). The molecule has 4 heteroatoms. The molecule has 0 saturated carbocycles. The first kappa shape index (κ1) is 15.0. The van der Waals surface area contributed by atoms with Crippen LogP contribution in [0.4, 0.5) is 5.69 Å². The second kappa shape index (κ2) is 7.37. The lowest BCUT2D eigenvalue weighted by Crippen LogP contribution is -2.04. The predicted molar refractivity (Wildman–Crippen MR) is 89.9 cm³/mol. The summed E-state index contributed by atoms with van der Waals surface area (Å²) in [5.41, 5.74) is 2.09. The number of hydrogen-bond donors (Lipinski definition) is 1. The summed E-state index contributed by atoms with van der Waals surface area (Å²) < 4.78 is 7.57. The van der Waals surface area contributed by atoms with Crippen LogP contribution < -0.4 is 10.1 Å². The molecule has 0 bridgehead atoms. The van der Waals surface area contributed by atoms with E-state index in [0.717, 1.165) is 25.9 Å². The largest absolute Gasteiger partial charge is 0.481 e. The van der Waals surface area contributed by atoms with Crippen molar-refractivity contribution in [1.82, 2.24) is 0 Å². The van der Waals surface area contributed by atoms with E-state index >= 15 is 0 Å². The van der Waals surface area contributed by atoms with E-state index in [1.807, 2.05) is 42.5 Å². The van der Waals surface area contributed by atoms with Crippen LogP contribution in [0.2, 0.25) is 0 Å². The summed E-state index contributed by atoms with van der Waals surface area (Å²) in [6.45, 7) is 0.944. The van der Waals surface area contributed by atoms with Crippen molar-refractivity contribution >= 4 is 37.5 Å². The van der Waals surface area contributed by atoms with Crippen LogP contribution in [0.5, 0.6) is 5.75 Å². The minimum atomic E-state index is 0.277. The molecule has 0 amide bonds. The summed E-state index contributed by atoms with van der Waals surface area (Å²) in [7, 11) is 0. The zero-order valence-electron chi connectivity index (χ0n) is 10.7. The van der Waals surface area contributed by atoms with E-state index in [2.05, 4.69) is 43.1 Å². The minimum absolute atomic E-state index is 0.277. The SMILES string of the molecule is C#CCOc1ccccc1CNc1ccc(Br)cc1Br. The van der Waals surface area contributed by atoms with Gasteiger partial charge in [-0.05, 0) is 40.2 Å². The fourth-order valence-corrected chi connectivity index (χ4v) is 2.92. The van der Waals surface area contributed by atoms with Crippen LogP contribution in [0.15, 0.2) is 51.4 Å². The first-order valence-corrected chi connectivity index (χ1v) is 7.62. The molecule has 0 aliphatic rings. The molecule has 2 aromatic carbocycles. The molecule has 1 N–H and O–H groups in total. The predicted octanol–water partition coefficient (Wildman–Crippen LogP) is 4.84. The van der Waals surface area contributed by atoms with Crippen molar-refractivity contribution in [3.63, 3.8) is 0 Å². The number of rotatable bonds is 5. The van der Waals surface area contributed by atoms with Crippen LogP contribution in [0, 0.1) is 12.3 Å². The van der Waals surface area contributed by atoms with E-state index in [0.29, 0.717) is 6.54 Å². The molecule has 0 atom stereocenters. The van der Waals surface area contributed by atoms with Gasteiger partial charge in [0.25, 0.3) is 0 Å². The Bertz CT molecular complexity index is 635. The highest BCUT2D eigenvalue weighted by atomic mass is 79.9. The van der Waals surface area contributed by atoms with Crippen LogP contribution >= 0.6 is 31.9 Å². The average Bonchev–Trinajstić information content (AvgIpc) is 2.45. The topological polar surface area (TPSA) is 21.3 Å². The Kier molecular flexibility index (Phi) is 5.51. The van der Waals surface area contributed by atoms with Gasteiger partial charge in [0.05, 0.1) is 0 Å². The Morgan fingerprint density at radius 1 is 1.15 bits per heavy atom. The van der Waals surface area contributed by atoms with E-state index in [-0.39, 0.29) is 6.61 Å². The second-order valence-electron chi connectivity index (χ2n) is 4.08. The first-order valence-electron chi connectivity index (χ1n) is 6.04. The normalized spacial score (nSPS) is 9.85. The van der Waals surface area contributed by atoms with Gasteiger partial charge in [-0.15, -0.1) is 6.42 Å². The van der Waals surface area contributed by atoms with Crippen molar-refractivity contribution in [3.05, 3.63) is 57.0 Å². The highest BCUT2D eigenvalue weighted by Crippen LogP contribution is 2.27. The molecule has 0 aliphatic carbocycles. The lowest BCUT2D eigenvalue weighted by Gasteiger charge is -2.12. The summed E-state index contributed by atoms with van der Waals surface area (Å²) in [6, 6.07) is 13.9. The van der Waals surface area contributed by atoms with Crippen LogP contribution in [0.25, 0.3) is 0 Å². The Morgan fingerprint density at radius 2 is 1.95 bits per heavy atom. The maximum Gasteiger partial charge on any atom is 0.148 e. The van der Waals surface area contributed by atoms with E-state index in [4.69, 9.17) is 11.2 Å². The summed E-state index contributed by atoms with van der Waals surface area (Å²) >= 11 is 6.97. The van der Waals surface area contributed by atoms with E-state index < -0.39 is 0 Å². The molecular weight excluding hydrogens is 382 g/mol. The number of nitrogens with one attached hydrogen (secondary N) is 1. The first-order chi connectivity index (χ1) is 9.70. The minimum Gasteiger partial charge on any atom is -0.481 e. The van der Waals surface area contributed by atoms with E-state index in [9.17, 15) is 0 Å². The molecule has 102 valence electrons. The molecular formula is C16H13Br2NO. The van der Waals surface area contributed by atoms with Gasteiger partial charge in [0.15, 0.2) is 0 Å². The molecule has 0 saturated heterocycles. The second-order valence-corrected chi connectivity index (χ2v) is 5.85. The van der Waals surface area contributed by atoms with Gasteiger partial charge in [-0.2, -0.15) is 0 Å². The lowest BCUT2D eigenvalue weighted by molar-refractivity contribution is 0.366. The summed E-state index contributed by atoms with van der Waals surface area (Å²) in [5, 5.41) is 3.37. The highest BCUT2D eigenvalue weighted by molar-refractivity contribution is 9.11. The summed E-state index contributed by atoms with van der Waals surface area (Å²) in [4.78, 5) is 0. The van der Waals surface area contributed by atoms with Gasteiger partial charge < -0.3 is 10.1 Å². The van der Waals surface area contributed by atoms with Gasteiger partial charge in [-0.3, -0.25) is 0 Å². The molecule has 0 spiro atoms. The quantitative estimate of drug-likeness (QED) is 0.733. The Hall–Kier alpha value is -1.44. The van der Waals surface area contributed by atoms with Gasteiger partial charge in [-0.1, -0.05) is 40.0 Å². The number of anilines is 1. The Morgan fingerprint density at radius 3 is 2.70 bits per heavy atom. The van der Waals surface area contributed by atoms with E-state index in [1.54, 1.807) is 0 Å². The molecule has 2 nitrogen and oxygen atoms in total. The number of hydrogen-bond acceptors (Lipinski definition) is 2. The third kappa shape index (κ3) is 4.03. The summed E-state index contributed by atoms with van der Waals surface area (Å²) in [6.07, 6.45) is 5.22. The van der Waals surface area contributed by atoms with E-state index in [1.165, 1.54) is 0 Å². The maximum atomic E-state index is 5.53. The zero-order chi connectivity index (χ0) is 14.4. The summed E-state index contributed by atoms with van der Waals surface area (Å²) in [5.74, 6) is 3.29. The van der Waals surface area contributed by atoms with Crippen molar-refractivity contribution in [2.24, 2.45) is 0 Å². The van der Waals surface area contributed by atoms with Crippen molar-refractivity contribution in [2.75, 3.05) is 11.9 Å². The zero-order valence-corrected chi connectivity index (χ0v) is 13.9. The molecule has 2 aromatic rings. The fraction of sp³-hybridized carbons (Fsp3) is 0.125. The van der Waals surface area contributed by atoms with Gasteiger partial charge >= 0.3 is 0 Å². The van der Waals surface area contributed by atoms with Crippen molar-refractivity contribution in [3.8, 4) is 18.1 Å². The fourth-order valence-electron chi connectivity index (χ4n) is 1.73. The molecule has 0 aromatic heterocycles. The van der Waals surface area contributed by atoms with Crippen molar-refractivity contribution in [1.29, 1.82) is 0 Å². The van der Waals surface area contributed by atoms with Crippen molar-refractivity contribution in [2.45, 2.75) is 6.54 Å². The standard InChI is InChI=1S/C16H13Br2NO/c1-2-9-20-16-6-4-3-5-12(16)11-19-15-8-7-13(17)10-14(15)18/h1,3-8,10,19H,9,11H2. The third-order valence-corrected chi connectivity index (χ3v) is 3.83. The number of ether oxygens (including phenoxy) is 1. The van der Waals surface area contributed by atoms with Crippen LogP contribution in [0.1, 0.15) is 5.56 Å². The van der Waals surface area contributed by atoms with Crippen LogP contribution in [-0.2, 0) is 6.54 Å². The molecule has 0 radical (unpaired) electrons. The molecule has 0 heterocycles. The molecule has 0 aliphatic heterocycles. The monoisotopic (exact) mass is 393 g/mol. The number of halogens is 2. The van der Waals surface area contributed by atoms with Gasteiger partial charge in [0.1, 0.15) is 12.4 Å².